The van der Waals surface area contributed by atoms with Crippen molar-refractivity contribution in [2.75, 3.05) is 19.0 Å². The molecule has 1 amide bonds. The lowest BCUT2D eigenvalue weighted by molar-refractivity contribution is -0.119. The van der Waals surface area contributed by atoms with Crippen LogP contribution in [0.5, 0.6) is 0 Å². The SMILES string of the molecule is COCc1cccc(NC(=O)C2CC(C)CCN2)c1. The molecular formula is C15H22N2O2. The molecule has 2 rings (SSSR count). The molecule has 1 aromatic carbocycles. The van der Waals surface area contributed by atoms with Gasteiger partial charge >= 0.3 is 0 Å². The van der Waals surface area contributed by atoms with E-state index in [1.165, 1.54) is 0 Å². The Hall–Kier alpha value is -1.39. The zero-order chi connectivity index (χ0) is 13.7. The van der Waals surface area contributed by atoms with E-state index in [1.807, 2.05) is 24.3 Å². The van der Waals surface area contributed by atoms with Gasteiger partial charge in [-0.1, -0.05) is 19.1 Å². The Morgan fingerprint density at radius 3 is 3.11 bits per heavy atom. The fraction of sp³-hybridized carbons (Fsp3) is 0.533. The second-order valence-electron chi connectivity index (χ2n) is 5.26. The minimum atomic E-state index is -0.0742. The summed E-state index contributed by atoms with van der Waals surface area (Å²) in [6, 6.07) is 7.70. The highest BCUT2D eigenvalue weighted by Gasteiger charge is 2.24. The number of piperidine rings is 1. The van der Waals surface area contributed by atoms with Gasteiger partial charge in [-0.15, -0.1) is 0 Å². The number of carbonyl (C=O) groups excluding carboxylic acids is 1. The molecule has 0 saturated carbocycles. The fourth-order valence-electron chi connectivity index (χ4n) is 2.44. The third-order valence-electron chi connectivity index (χ3n) is 3.49. The van der Waals surface area contributed by atoms with Gasteiger partial charge in [0.1, 0.15) is 0 Å². The average molecular weight is 262 g/mol. The smallest absolute Gasteiger partial charge is 0.241 e. The number of hydrogen-bond donors (Lipinski definition) is 2. The van der Waals surface area contributed by atoms with E-state index in [9.17, 15) is 4.79 Å². The number of hydrogen-bond acceptors (Lipinski definition) is 3. The van der Waals surface area contributed by atoms with Crippen molar-refractivity contribution in [2.24, 2.45) is 5.92 Å². The molecule has 2 N–H and O–H groups in total. The Bertz CT molecular complexity index is 434. The number of methoxy groups -OCH3 is 1. The molecule has 1 heterocycles. The number of benzene rings is 1. The van der Waals surface area contributed by atoms with Crippen LogP contribution in [-0.2, 0) is 16.1 Å². The predicted octanol–water partition coefficient (Wildman–Crippen LogP) is 2.16. The van der Waals surface area contributed by atoms with Gasteiger partial charge in [-0.25, -0.2) is 0 Å². The van der Waals surface area contributed by atoms with E-state index in [4.69, 9.17) is 4.74 Å². The molecule has 4 nitrogen and oxygen atoms in total. The van der Waals surface area contributed by atoms with Crippen molar-refractivity contribution in [2.45, 2.75) is 32.4 Å². The van der Waals surface area contributed by atoms with E-state index >= 15 is 0 Å². The molecule has 1 fully saturated rings. The first-order valence-electron chi connectivity index (χ1n) is 6.81. The zero-order valence-electron chi connectivity index (χ0n) is 11.6. The molecule has 2 atom stereocenters. The Morgan fingerprint density at radius 2 is 2.37 bits per heavy atom. The average Bonchev–Trinajstić information content (AvgIpc) is 2.39. The van der Waals surface area contributed by atoms with E-state index in [0.717, 1.165) is 30.6 Å². The number of amides is 1. The lowest BCUT2D eigenvalue weighted by Crippen LogP contribution is -2.45. The molecule has 0 spiro atoms. The standard InChI is InChI=1S/C15H22N2O2/c1-11-6-7-16-14(8-11)15(18)17-13-5-3-4-12(9-13)10-19-2/h3-5,9,11,14,16H,6-8,10H2,1-2H3,(H,17,18). The number of ether oxygens (including phenoxy) is 1. The van der Waals surface area contributed by atoms with Crippen LogP contribution in [0.15, 0.2) is 24.3 Å². The Balaban J connectivity index is 1.96. The van der Waals surface area contributed by atoms with E-state index in [1.54, 1.807) is 7.11 Å². The van der Waals surface area contributed by atoms with Gasteiger partial charge in [0.05, 0.1) is 12.6 Å². The first-order chi connectivity index (χ1) is 9.19. The highest BCUT2D eigenvalue weighted by Crippen LogP contribution is 2.17. The summed E-state index contributed by atoms with van der Waals surface area (Å²) in [5.74, 6) is 0.665. The lowest BCUT2D eigenvalue weighted by Gasteiger charge is -2.27. The van der Waals surface area contributed by atoms with Crippen molar-refractivity contribution >= 4 is 11.6 Å². The molecule has 0 radical (unpaired) electrons. The van der Waals surface area contributed by atoms with Gasteiger partial charge in [-0.3, -0.25) is 4.79 Å². The molecule has 2 unspecified atom stereocenters. The van der Waals surface area contributed by atoms with Crippen molar-refractivity contribution in [1.82, 2.24) is 5.32 Å². The molecule has 19 heavy (non-hydrogen) atoms. The lowest BCUT2D eigenvalue weighted by atomic mass is 9.94. The molecule has 1 saturated heterocycles. The van der Waals surface area contributed by atoms with Crippen LogP contribution in [0.25, 0.3) is 0 Å². The van der Waals surface area contributed by atoms with Gasteiger partial charge in [-0.2, -0.15) is 0 Å². The van der Waals surface area contributed by atoms with Crippen molar-refractivity contribution < 1.29 is 9.53 Å². The van der Waals surface area contributed by atoms with Gasteiger partial charge in [0, 0.05) is 12.8 Å². The van der Waals surface area contributed by atoms with Crippen LogP contribution in [0, 0.1) is 5.92 Å². The van der Waals surface area contributed by atoms with Crippen LogP contribution in [0.3, 0.4) is 0 Å². The largest absolute Gasteiger partial charge is 0.380 e. The number of nitrogens with one attached hydrogen (secondary N) is 2. The fourth-order valence-corrected chi connectivity index (χ4v) is 2.44. The Labute approximate surface area is 114 Å². The summed E-state index contributed by atoms with van der Waals surface area (Å²) < 4.78 is 5.09. The monoisotopic (exact) mass is 262 g/mol. The maximum Gasteiger partial charge on any atom is 0.241 e. The molecule has 1 aliphatic heterocycles. The molecule has 0 bridgehead atoms. The summed E-state index contributed by atoms with van der Waals surface area (Å²) in [6.45, 7) is 3.67. The maximum atomic E-state index is 12.2. The Kier molecular flexibility index (Phi) is 4.93. The molecule has 1 aromatic rings. The minimum Gasteiger partial charge on any atom is -0.380 e. The summed E-state index contributed by atoms with van der Waals surface area (Å²) in [5.41, 5.74) is 1.89. The number of rotatable bonds is 4. The summed E-state index contributed by atoms with van der Waals surface area (Å²) in [5, 5.41) is 6.25. The first-order valence-corrected chi connectivity index (χ1v) is 6.81. The summed E-state index contributed by atoms with van der Waals surface area (Å²) >= 11 is 0. The highest BCUT2D eigenvalue weighted by molar-refractivity contribution is 5.94. The first kappa shape index (κ1) is 14.0. The van der Waals surface area contributed by atoms with E-state index in [0.29, 0.717) is 12.5 Å². The van der Waals surface area contributed by atoms with Crippen molar-refractivity contribution in [1.29, 1.82) is 0 Å². The molecule has 4 heteroatoms. The molecule has 1 aliphatic rings. The van der Waals surface area contributed by atoms with Crippen LogP contribution < -0.4 is 10.6 Å². The van der Waals surface area contributed by atoms with Gasteiger partial charge in [0.15, 0.2) is 0 Å². The summed E-state index contributed by atoms with van der Waals surface area (Å²) in [6.07, 6.45) is 2.05. The second-order valence-corrected chi connectivity index (χ2v) is 5.26. The van der Waals surface area contributed by atoms with Crippen molar-refractivity contribution in [3.05, 3.63) is 29.8 Å². The van der Waals surface area contributed by atoms with Crippen LogP contribution in [0.2, 0.25) is 0 Å². The normalized spacial score (nSPS) is 23.1. The third kappa shape index (κ3) is 4.04. The second kappa shape index (κ2) is 6.68. The molecule has 0 aliphatic carbocycles. The van der Waals surface area contributed by atoms with Gasteiger partial charge < -0.3 is 15.4 Å². The topological polar surface area (TPSA) is 50.4 Å². The molecule has 0 aromatic heterocycles. The zero-order valence-corrected chi connectivity index (χ0v) is 11.6. The summed E-state index contributed by atoms with van der Waals surface area (Å²) in [4.78, 5) is 12.2. The maximum absolute atomic E-state index is 12.2. The number of anilines is 1. The molecular weight excluding hydrogens is 240 g/mol. The van der Waals surface area contributed by atoms with Crippen LogP contribution in [0.1, 0.15) is 25.3 Å². The quantitative estimate of drug-likeness (QED) is 0.874. The van der Waals surface area contributed by atoms with Crippen molar-refractivity contribution in [3.63, 3.8) is 0 Å². The van der Waals surface area contributed by atoms with Crippen molar-refractivity contribution in [3.8, 4) is 0 Å². The van der Waals surface area contributed by atoms with E-state index in [-0.39, 0.29) is 11.9 Å². The van der Waals surface area contributed by atoms with E-state index < -0.39 is 0 Å². The van der Waals surface area contributed by atoms with Crippen LogP contribution in [0.4, 0.5) is 5.69 Å². The third-order valence-corrected chi connectivity index (χ3v) is 3.49. The van der Waals surface area contributed by atoms with Crippen LogP contribution in [-0.4, -0.2) is 25.6 Å². The van der Waals surface area contributed by atoms with Gasteiger partial charge in [-0.05, 0) is 43.0 Å². The molecule has 104 valence electrons. The van der Waals surface area contributed by atoms with Gasteiger partial charge in [0.2, 0.25) is 5.91 Å². The van der Waals surface area contributed by atoms with Crippen LogP contribution >= 0.6 is 0 Å². The highest BCUT2D eigenvalue weighted by atomic mass is 16.5. The predicted molar refractivity (Wildman–Crippen MR) is 76.0 cm³/mol. The Morgan fingerprint density at radius 1 is 1.53 bits per heavy atom. The summed E-state index contributed by atoms with van der Waals surface area (Å²) in [7, 11) is 1.67. The number of carbonyl (C=O) groups is 1. The van der Waals surface area contributed by atoms with Gasteiger partial charge in [0.25, 0.3) is 0 Å². The minimum absolute atomic E-state index is 0.0566. The van der Waals surface area contributed by atoms with E-state index in [2.05, 4.69) is 17.6 Å².